The summed E-state index contributed by atoms with van der Waals surface area (Å²) >= 11 is 9.35. The van der Waals surface area contributed by atoms with E-state index in [1.165, 1.54) is 6.07 Å². The van der Waals surface area contributed by atoms with Crippen LogP contribution in [-0.2, 0) is 5.88 Å². The van der Waals surface area contributed by atoms with Crippen LogP contribution < -0.4 is 0 Å². The van der Waals surface area contributed by atoms with Crippen molar-refractivity contribution < 1.29 is 4.39 Å². The maximum Gasteiger partial charge on any atom is 0.147 e. The number of halogens is 3. The molecule has 0 unspecified atom stereocenters. The Bertz CT molecular complexity index is 754. The second-order valence-corrected chi connectivity index (χ2v) is 5.26. The Morgan fingerprint density at radius 2 is 2.00 bits per heavy atom. The van der Waals surface area contributed by atoms with E-state index in [9.17, 15) is 4.39 Å². The third kappa shape index (κ3) is 2.15. The Balaban J connectivity index is 2.38. The molecule has 2 nitrogen and oxygen atoms in total. The molecule has 0 saturated heterocycles. The molecule has 0 aliphatic carbocycles. The zero-order valence-electron chi connectivity index (χ0n) is 9.78. The van der Waals surface area contributed by atoms with Crippen LogP contribution in [0.3, 0.4) is 0 Å². The molecule has 19 heavy (non-hydrogen) atoms. The first-order chi connectivity index (χ1) is 9.20. The van der Waals surface area contributed by atoms with Crippen molar-refractivity contribution in [1.82, 2.24) is 9.55 Å². The van der Waals surface area contributed by atoms with Gasteiger partial charge in [-0.15, -0.1) is 11.6 Å². The van der Waals surface area contributed by atoms with Crippen molar-refractivity contribution in [3.05, 3.63) is 58.6 Å². The van der Waals surface area contributed by atoms with Crippen molar-refractivity contribution >= 4 is 38.6 Å². The van der Waals surface area contributed by atoms with Crippen LogP contribution in [-0.4, -0.2) is 9.55 Å². The first-order valence-corrected chi connectivity index (χ1v) is 7.01. The highest BCUT2D eigenvalue weighted by Crippen LogP contribution is 2.26. The van der Waals surface area contributed by atoms with Gasteiger partial charge in [-0.3, -0.25) is 4.57 Å². The van der Waals surface area contributed by atoms with Crippen molar-refractivity contribution in [2.45, 2.75) is 5.88 Å². The number of aromatic nitrogens is 2. The number of rotatable bonds is 2. The summed E-state index contributed by atoms with van der Waals surface area (Å²) in [4.78, 5) is 4.43. The summed E-state index contributed by atoms with van der Waals surface area (Å²) in [7, 11) is 0. The van der Waals surface area contributed by atoms with Crippen LogP contribution in [0.15, 0.2) is 46.9 Å². The smallest absolute Gasteiger partial charge is 0.147 e. The van der Waals surface area contributed by atoms with Crippen LogP contribution in [0.1, 0.15) is 5.82 Å². The van der Waals surface area contributed by atoms with Gasteiger partial charge in [-0.2, -0.15) is 0 Å². The minimum atomic E-state index is -0.298. The third-order valence-electron chi connectivity index (χ3n) is 2.90. The topological polar surface area (TPSA) is 17.8 Å². The molecule has 1 heterocycles. The molecule has 3 rings (SSSR count). The van der Waals surface area contributed by atoms with Crippen LogP contribution in [0.5, 0.6) is 0 Å². The highest BCUT2D eigenvalue weighted by atomic mass is 79.9. The van der Waals surface area contributed by atoms with Gasteiger partial charge in [-0.1, -0.05) is 28.1 Å². The molecule has 96 valence electrons. The Morgan fingerprint density at radius 1 is 1.21 bits per heavy atom. The van der Waals surface area contributed by atoms with E-state index in [0.29, 0.717) is 11.5 Å². The largest absolute Gasteiger partial charge is 0.292 e. The molecule has 0 atom stereocenters. The first-order valence-electron chi connectivity index (χ1n) is 5.68. The Morgan fingerprint density at radius 3 is 2.74 bits per heavy atom. The van der Waals surface area contributed by atoms with Gasteiger partial charge in [0.25, 0.3) is 0 Å². The number of para-hydroxylation sites is 1. The SMILES string of the molecule is Fc1ccccc1-n1c(CCl)nc2ccc(Br)cc21. The number of nitrogens with zero attached hydrogens (tertiary/aromatic N) is 2. The first kappa shape index (κ1) is 12.6. The van der Waals surface area contributed by atoms with E-state index in [1.807, 2.05) is 18.2 Å². The lowest BCUT2D eigenvalue weighted by Crippen LogP contribution is -2.01. The second-order valence-electron chi connectivity index (χ2n) is 4.08. The highest BCUT2D eigenvalue weighted by Gasteiger charge is 2.14. The maximum atomic E-state index is 14.0. The van der Waals surface area contributed by atoms with Crippen LogP contribution in [0.4, 0.5) is 4.39 Å². The Labute approximate surface area is 123 Å². The number of benzene rings is 2. The monoisotopic (exact) mass is 338 g/mol. The second kappa shape index (κ2) is 4.94. The summed E-state index contributed by atoms with van der Waals surface area (Å²) in [5, 5.41) is 0. The van der Waals surface area contributed by atoms with Crippen molar-refractivity contribution in [1.29, 1.82) is 0 Å². The molecule has 0 aliphatic heterocycles. The van der Waals surface area contributed by atoms with Crippen LogP contribution in [0.2, 0.25) is 0 Å². The lowest BCUT2D eigenvalue weighted by atomic mass is 10.2. The molecule has 0 bridgehead atoms. The predicted octanol–water partition coefficient (Wildman–Crippen LogP) is 4.67. The van der Waals surface area contributed by atoms with E-state index in [1.54, 1.807) is 22.8 Å². The average molecular weight is 340 g/mol. The molecule has 5 heteroatoms. The van der Waals surface area contributed by atoms with Gasteiger partial charge in [0.2, 0.25) is 0 Å². The zero-order valence-corrected chi connectivity index (χ0v) is 12.1. The number of hydrogen-bond acceptors (Lipinski definition) is 1. The Hall–Kier alpha value is -1.39. The summed E-state index contributed by atoms with van der Waals surface area (Å²) in [6.07, 6.45) is 0. The minimum absolute atomic E-state index is 0.223. The normalized spacial score (nSPS) is 11.1. The molecule has 0 radical (unpaired) electrons. The lowest BCUT2D eigenvalue weighted by Gasteiger charge is -2.08. The van der Waals surface area contributed by atoms with Gasteiger partial charge >= 0.3 is 0 Å². The van der Waals surface area contributed by atoms with E-state index in [4.69, 9.17) is 11.6 Å². The van der Waals surface area contributed by atoms with E-state index < -0.39 is 0 Å². The van der Waals surface area contributed by atoms with E-state index in [0.717, 1.165) is 15.5 Å². The quantitative estimate of drug-likeness (QED) is 0.621. The van der Waals surface area contributed by atoms with Crippen molar-refractivity contribution in [3.63, 3.8) is 0 Å². The summed E-state index contributed by atoms with van der Waals surface area (Å²) in [5.74, 6) is 0.550. The van der Waals surface area contributed by atoms with Crippen LogP contribution in [0.25, 0.3) is 16.7 Å². The summed E-state index contributed by atoms with van der Waals surface area (Å²) < 4.78 is 16.7. The van der Waals surface area contributed by atoms with Crippen LogP contribution >= 0.6 is 27.5 Å². The number of hydrogen-bond donors (Lipinski definition) is 0. The fourth-order valence-corrected chi connectivity index (χ4v) is 2.62. The molecule has 0 amide bonds. The molecule has 0 aliphatic rings. The van der Waals surface area contributed by atoms with Crippen molar-refractivity contribution in [2.24, 2.45) is 0 Å². The highest BCUT2D eigenvalue weighted by molar-refractivity contribution is 9.10. The van der Waals surface area contributed by atoms with Gasteiger partial charge in [-0.25, -0.2) is 9.37 Å². The van der Waals surface area contributed by atoms with Crippen molar-refractivity contribution in [3.8, 4) is 5.69 Å². The molecule has 0 N–H and O–H groups in total. The fourth-order valence-electron chi connectivity index (χ4n) is 2.09. The van der Waals surface area contributed by atoms with Gasteiger partial charge < -0.3 is 0 Å². The van der Waals surface area contributed by atoms with Gasteiger partial charge in [0, 0.05) is 4.47 Å². The standard InChI is InChI=1S/C14H9BrClFN2/c15-9-5-6-11-13(7-9)19(14(8-16)18-11)12-4-2-1-3-10(12)17/h1-7H,8H2. The number of fused-ring (bicyclic) bond motifs is 1. The van der Waals surface area contributed by atoms with Gasteiger partial charge in [0.15, 0.2) is 0 Å². The lowest BCUT2D eigenvalue weighted by molar-refractivity contribution is 0.618. The van der Waals surface area contributed by atoms with Gasteiger partial charge in [-0.05, 0) is 30.3 Å². The molecule has 1 aromatic heterocycles. The van der Waals surface area contributed by atoms with E-state index in [-0.39, 0.29) is 11.7 Å². The molecular formula is C14H9BrClFN2. The third-order valence-corrected chi connectivity index (χ3v) is 3.63. The molecule has 2 aromatic carbocycles. The van der Waals surface area contributed by atoms with Gasteiger partial charge in [0.05, 0.1) is 22.6 Å². The summed E-state index contributed by atoms with van der Waals surface area (Å²) in [6, 6.07) is 12.3. The van der Waals surface area contributed by atoms with E-state index in [2.05, 4.69) is 20.9 Å². The Kier molecular flexibility index (Phi) is 3.29. The molecule has 0 fully saturated rings. The molecular weight excluding hydrogens is 331 g/mol. The maximum absolute atomic E-state index is 14.0. The minimum Gasteiger partial charge on any atom is -0.292 e. The van der Waals surface area contributed by atoms with Crippen LogP contribution in [0, 0.1) is 5.82 Å². The average Bonchev–Trinajstić information content (AvgIpc) is 2.77. The van der Waals surface area contributed by atoms with Gasteiger partial charge in [0.1, 0.15) is 11.6 Å². The molecule has 0 saturated carbocycles. The fraction of sp³-hybridized carbons (Fsp3) is 0.0714. The molecule has 3 aromatic rings. The predicted molar refractivity (Wildman–Crippen MR) is 78.3 cm³/mol. The molecule has 0 spiro atoms. The number of alkyl halides is 1. The number of imidazole rings is 1. The van der Waals surface area contributed by atoms with Crippen molar-refractivity contribution in [2.75, 3.05) is 0 Å². The summed E-state index contributed by atoms with van der Waals surface area (Å²) in [5.41, 5.74) is 2.08. The van der Waals surface area contributed by atoms with E-state index >= 15 is 0 Å². The zero-order chi connectivity index (χ0) is 13.4. The summed E-state index contributed by atoms with van der Waals surface area (Å²) in [6.45, 7) is 0.